The van der Waals surface area contributed by atoms with Crippen molar-refractivity contribution in [3.63, 3.8) is 0 Å². The average molecular weight is 218 g/mol. The predicted molar refractivity (Wildman–Crippen MR) is 56.3 cm³/mol. The van der Waals surface area contributed by atoms with Gasteiger partial charge < -0.3 is 12.4 Å². The Hall–Kier alpha value is -1.60. The van der Waals surface area contributed by atoms with Crippen molar-refractivity contribution in [1.29, 1.82) is 0 Å². The van der Waals surface area contributed by atoms with Crippen LogP contribution in [-0.4, -0.2) is 5.78 Å². The van der Waals surface area contributed by atoms with E-state index in [2.05, 4.69) is 0 Å². The number of benzene rings is 2. The lowest BCUT2D eigenvalue weighted by Crippen LogP contribution is -3.00. The first kappa shape index (κ1) is 11.5. The molecule has 0 atom stereocenters. The maximum Gasteiger partial charge on any atom is 0.193 e. The maximum atomic E-state index is 11.8. The van der Waals surface area contributed by atoms with Crippen LogP contribution in [-0.2, 0) is 0 Å². The van der Waals surface area contributed by atoms with Gasteiger partial charge in [0.15, 0.2) is 5.78 Å². The van der Waals surface area contributed by atoms with Gasteiger partial charge in [-0.25, -0.2) is 0 Å². The second-order valence-electron chi connectivity index (χ2n) is 3.06. The zero-order valence-corrected chi connectivity index (χ0v) is 8.82. The molecule has 0 N–H and O–H groups in total. The lowest BCUT2D eigenvalue weighted by molar-refractivity contribution is -0.0000100. The van der Waals surface area contributed by atoms with Crippen molar-refractivity contribution in [2.75, 3.05) is 0 Å². The normalized spacial score (nSPS) is 9.07. The van der Waals surface area contributed by atoms with E-state index in [4.69, 9.17) is 0 Å². The molecule has 0 radical (unpaired) electrons. The van der Waals surface area contributed by atoms with Gasteiger partial charge in [-0.2, -0.15) is 0 Å². The van der Waals surface area contributed by atoms with E-state index in [1.807, 2.05) is 60.7 Å². The van der Waals surface area contributed by atoms with Crippen molar-refractivity contribution in [1.82, 2.24) is 0 Å². The standard InChI is InChI=1S/C13H10O.ClH/c14-13(11-7-3-1-4-8-11)12-9-5-2-6-10-12;/h1-10H;1H/p-1. The fraction of sp³-hybridized carbons (Fsp3) is 0. The van der Waals surface area contributed by atoms with Crippen LogP contribution in [0.15, 0.2) is 60.7 Å². The van der Waals surface area contributed by atoms with E-state index in [1.54, 1.807) is 0 Å². The van der Waals surface area contributed by atoms with Gasteiger partial charge in [-0.1, -0.05) is 60.7 Å². The van der Waals surface area contributed by atoms with E-state index in [1.165, 1.54) is 0 Å². The van der Waals surface area contributed by atoms with Gasteiger partial charge in [0, 0.05) is 11.1 Å². The molecule has 2 aromatic carbocycles. The predicted octanol–water partition coefficient (Wildman–Crippen LogP) is -0.0784. The average Bonchev–Trinajstić information content (AvgIpc) is 2.30. The molecule has 0 aliphatic rings. The molecule has 1 nitrogen and oxygen atoms in total. The van der Waals surface area contributed by atoms with Gasteiger partial charge in [0.1, 0.15) is 0 Å². The third-order valence-electron chi connectivity index (χ3n) is 2.07. The van der Waals surface area contributed by atoms with Crippen LogP contribution < -0.4 is 12.4 Å². The summed E-state index contributed by atoms with van der Waals surface area (Å²) in [6.07, 6.45) is 0. The minimum atomic E-state index is 0. The number of carbonyl (C=O) groups excluding carboxylic acids is 1. The summed E-state index contributed by atoms with van der Waals surface area (Å²) in [5, 5.41) is 0. The fourth-order valence-electron chi connectivity index (χ4n) is 1.35. The zero-order chi connectivity index (χ0) is 9.80. The van der Waals surface area contributed by atoms with E-state index < -0.39 is 0 Å². The van der Waals surface area contributed by atoms with E-state index in [0.29, 0.717) is 0 Å². The van der Waals surface area contributed by atoms with Gasteiger partial charge in [0.25, 0.3) is 0 Å². The molecule has 2 heteroatoms. The summed E-state index contributed by atoms with van der Waals surface area (Å²) >= 11 is 0. The highest BCUT2D eigenvalue weighted by Gasteiger charge is 2.06. The molecular formula is C13H10ClO-. The summed E-state index contributed by atoms with van der Waals surface area (Å²) in [7, 11) is 0. The molecule has 0 aromatic heterocycles. The van der Waals surface area contributed by atoms with Gasteiger partial charge in [0.05, 0.1) is 0 Å². The van der Waals surface area contributed by atoms with Crippen molar-refractivity contribution in [2.45, 2.75) is 0 Å². The fourth-order valence-corrected chi connectivity index (χ4v) is 1.35. The highest BCUT2D eigenvalue weighted by atomic mass is 35.5. The summed E-state index contributed by atoms with van der Waals surface area (Å²) in [5.74, 6) is 0.0752. The van der Waals surface area contributed by atoms with Crippen LogP contribution in [0.4, 0.5) is 0 Å². The molecule has 2 aromatic rings. The third-order valence-corrected chi connectivity index (χ3v) is 2.07. The van der Waals surface area contributed by atoms with Crippen LogP contribution in [0, 0.1) is 0 Å². The van der Waals surface area contributed by atoms with Crippen LogP contribution in [0.1, 0.15) is 15.9 Å². The Balaban J connectivity index is 0.00000112. The SMILES string of the molecule is O=C(c1ccccc1)c1ccccc1.[Cl-]. The number of hydrogen-bond acceptors (Lipinski definition) is 1. The molecule has 0 heterocycles. The van der Waals surface area contributed by atoms with Crippen LogP contribution in [0.5, 0.6) is 0 Å². The van der Waals surface area contributed by atoms with Crippen LogP contribution in [0.25, 0.3) is 0 Å². The van der Waals surface area contributed by atoms with E-state index in [-0.39, 0.29) is 18.2 Å². The minimum absolute atomic E-state index is 0. The van der Waals surface area contributed by atoms with Gasteiger partial charge >= 0.3 is 0 Å². The van der Waals surface area contributed by atoms with E-state index in [0.717, 1.165) is 11.1 Å². The second-order valence-corrected chi connectivity index (χ2v) is 3.06. The smallest absolute Gasteiger partial charge is 0.193 e. The lowest BCUT2D eigenvalue weighted by Gasteiger charge is -1.99. The molecule has 0 amide bonds. The molecule has 0 aliphatic carbocycles. The van der Waals surface area contributed by atoms with Crippen LogP contribution in [0.3, 0.4) is 0 Å². The molecule has 0 fully saturated rings. The zero-order valence-electron chi connectivity index (χ0n) is 8.06. The number of rotatable bonds is 2. The van der Waals surface area contributed by atoms with Gasteiger partial charge in [0.2, 0.25) is 0 Å². The quantitative estimate of drug-likeness (QED) is 0.644. The second kappa shape index (κ2) is 5.32. The van der Waals surface area contributed by atoms with Gasteiger partial charge in [-0.15, -0.1) is 0 Å². The van der Waals surface area contributed by atoms with Crippen molar-refractivity contribution in [2.24, 2.45) is 0 Å². The summed E-state index contributed by atoms with van der Waals surface area (Å²) in [6, 6.07) is 18.6. The first-order valence-corrected chi connectivity index (χ1v) is 4.53. The Bertz CT molecular complexity index is 381. The van der Waals surface area contributed by atoms with Gasteiger partial charge in [-0.3, -0.25) is 4.79 Å². The Labute approximate surface area is 95.2 Å². The van der Waals surface area contributed by atoms with Crippen molar-refractivity contribution >= 4 is 5.78 Å². The molecular weight excluding hydrogens is 208 g/mol. The van der Waals surface area contributed by atoms with Crippen molar-refractivity contribution in [3.05, 3.63) is 71.8 Å². The summed E-state index contributed by atoms with van der Waals surface area (Å²) < 4.78 is 0. The summed E-state index contributed by atoms with van der Waals surface area (Å²) in [5.41, 5.74) is 1.47. The molecule has 2 rings (SSSR count). The number of ketones is 1. The van der Waals surface area contributed by atoms with Crippen molar-refractivity contribution < 1.29 is 17.2 Å². The molecule has 0 unspecified atom stereocenters. The highest BCUT2D eigenvalue weighted by molar-refractivity contribution is 6.08. The Morgan fingerprint density at radius 1 is 0.667 bits per heavy atom. The molecule has 0 aliphatic heterocycles. The Morgan fingerprint density at radius 3 is 1.33 bits per heavy atom. The van der Waals surface area contributed by atoms with Crippen molar-refractivity contribution in [3.8, 4) is 0 Å². The number of carbonyl (C=O) groups is 1. The molecule has 0 spiro atoms. The van der Waals surface area contributed by atoms with Gasteiger partial charge in [-0.05, 0) is 0 Å². The minimum Gasteiger partial charge on any atom is -1.00 e. The highest BCUT2D eigenvalue weighted by Crippen LogP contribution is 2.08. The summed E-state index contributed by atoms with van der Waals surface area (Å²) in [6.45, 7) is 0. The topological polar surface area (TPSA) is 17.1 Å². The first-order chi connectivity index (χ1) is 6.88. The van der Waals surface area contributed by atoms with E-state index >= 15 is 0 Å². The first-order valence-electron chi connectivity index (χ1n) is 4.53. The third kappa shape index (κ3) is 2.67. The maximum absolute atomic E-state index is 11.8. The van der Waals surface area contributed by atoms with Crippen LogP contribution >= 0.6 is 0 Å². The molecule has 76 valence electrons. The van der Waals surface area contributed by atoms with Crippen LogP contribution in [0.2, 0.25) is 0 Å². The largest absolute Gasteiger partial charge is 1.00 e. The Morgan fingerprint density at radius 2 is 1.00 bits per heavy atom. The lowest BCUT2D eigenvalue weighted by atomic mass is 10.0. The molecule has 0 saturated carbocycles. The monoisotopic (exact) mass is 217 g/mol. The molecule has 0 saturated heterocycles. The summed E-state index contributed by atoms with van der Waals surface area (Å²) in [4.78, 5) is 11.8. The molecule has 0 bridgehead atoms. The molecule has 15 heavy (non-hydrogen) atoms. The number of halogens is 1. The Kier molecular flexibility index (Phi) is 4.07. The van der Waals surface area contributed by atoms with E-state index in [9.17, 15) is 4.79 Å². The number of hydrogen-bond donors (Lipinski definition) is 0.